The summed E-state index contributed by atoms with van der Waals surface area (Å²) in [5.41, 5.74) is 2.75. The Hall–Kier alpha value is -2.62. The van der Waals surface area contributed by atoms with Gasteiger partial charge in [-0.1, -0.05) is 36.4 Å². The number of aromatic amines is 1. The molecule has 0 bridgehead atoms. The van der Waals surface area contributed by atoms with E-state index in [0.29, 0.717) is 5.95 Å². The van der Waals surface area contributed by atoms with Crippen molar-refractivity contribution in [1.82, 2.24) is 9.97 Å². The van der Waals surface area contributed by atoms with Gasteiger partial charge in [0.05, 0.1) is 5.69 Å². The zero-order chi connectivity index (χ0) is 14.9. The van der Waals surface area contributed by atoms with Crippen molar-refractivity contribution in [2.45, 2.75) is 25.7 Å². The molecule has 1 aromatic heterocycles. The number of nitrogens with zero attached hydrogens (tertiary/aromatic N) is 1. The molecular weight excluding hydrogens is 274 g/mol. The van der Waals surface area contributed by atoms with Crippen molar-refractivity contribution >= 4 is 22.4 Å². The zero-order valence-corrected chi connectivity index (χ0v) is 12.2. The van der Waals surface area contributed by atoms with Gasteiger partial charge in [0.15, 0.2) is 0 Å². The van der Waals surface area contributed by atoms with Gasteiger partial charge in [-0.3, -0.25) is 9.78 Å². The standard InChI is InChI=1S/C18H17N3O/c22-17-14-9-3-4-10-16(14)20-18(21-17)19-15-11-5-7-12-6-1-2-8-13(12)15/h1-2,5-8,11H,3-4,9-10H2,(H2,19,20,21,22). The van der Waals surface area contributed by atoms with Crippen LogP contribution in [0, 0.1) is 0 Å². The summed E-state index contributed by atoms with van der Waals surface area (Å²) in [6.07, 6.45) is 3.92. The molecule has 4 heteroatoms. The van der Waals surface area contributed by atoms with Gasteiger partial charge in [0.2, 0.25) is 5.95 Å². The molecule has 0 saturated heterocycles. The molecule has 110 valence electrons. The summed E-state index contributed by atoms with van der Waals surface area (Å²) in [6, 6.07) is 14.2. The zero-order valence-electron chi connectivity index (χ0n) is 12.2. The van der Waals surface area contributed by atoms with E-state index < -0.39 is 0 Å². The highest BCUT2D eigenvalue weighted by Crippen LogP contribution is 2.25. The van der Waals surface area contributed by atoms with Gasteiger partial charge in [-0.05, 0) is 37.1 Å². The van der Waals surface area contributed by atoms with Gasteiger partial charge < -0.3 is 5.32 Å². The third kappa shape index (κ3) is 2.26. The number of aryl methyl sites for hydroxylation is 1. The van der Waals surface area contributed by atoms with Crippen molar-refractivity contribution in [1.29, 1.82) is 0 Å². The predicted octanol–water partition coefficient (Wildman–Crippen LogP) is 3.55. The Bertz CT molecular complexity index is 893. The van der Waals surface area contributed by atoms with Crippen LogP contribution in [0.25, 0.3) is 10.8 Å². The molecule has 22 heavy (non-hydrogen) atoms. The highest BCUT2D eigenvalue weighted by Gasteiger charge is 2.15. The second-order valence-corrected chi connectivity index (χ2v) is 5.70. The van der Waals surface area contributed by atoms with Crippen molar-refractivity contribution in [3.63, 3.8) is 0 Å². The Morgan fingerprint density at radius 1 is 1.00 bits per heavy atom. The number of nitrogens with one attached hydrogen (secondary N) is 2. The predicted molar refractivity (Wildman–Crippen MR) is 88.7 cm³/mol. The topological polar surface area (TPSA) is 57.8 Å². The molecule has 4 rings (SSSR count). The molecule has 0 radical (unpaired) electrons. The summed E-state index contributed by atoms with van der Waals surface area (Å²) in [5, 5.41) is 5.55. The summed E-state index contributed by atoms with van der Waals surface area (Å²) in [4.78, 5) is 19.7. The third-order valence-electron chi connectivity index (χ3n) is 4.23. The molecule has 0 spiro atoms. The summed E-state index contributed by atoms with van der Waals surface area (Å²) >= 11 is 0. The molecule has 0 amide bonds. The van der Waals surface area contributed by atoms with E-state index in [-0.39, 0.29) is 5.56 Å². The van der Waals surface area contributed by atoms with Gasteiger partial charge in [-0.15, -0.1) is 0 Å². The van der Waals surface area contributed by atoms with Crippen LogP contribution < -0.4 is 10.9 Å². The number of H-pyrrole nitrogens is 1. The Morgan fingerprint density at radius 3 is 2.77 bits per heavy atom. The number of fused-ring (bicyclic) bond motifs is 2. The number of hydrogen-bond acceptors (Lipinski definition) is 3. The van der Waals surface area contributed by atoms with Gasteiger partial charge in [0.1, 0.15) is 0 Å². The Morgan fingerprint density at radius 2 is 1.82 bits per heavy atom. The molecule has 3 aromatic rings. The van der Waals surface area contributed by atoms with Gasteiger partial charge in [-0.2, -0.15) is 0 Å². The number of benzene rings is 2. The Labute approximate surface area is 128 Å². The van der Waals surface area contributed by atoms with Crippen LogP contribution in [-0.4, -0.2) is 9.97 Å². The van der Waals surface area contributed by atoms with E-state index in [0.717, 1.165) is 53.4 Å². The average Bonchev–Trinajstić information content (AvgIpc) is 2.55. The van der Waals surface area contributed by atoms with Gasteiger partial charge >= 0.3 is 0 Å². The van der Waals surface area contributed by atoms with Crippen LogP contribution in [0.1, 0.15) is 24.1 Å². The van der Waals surface area contributed by atoms with Crippen LogP contribution in [0.3, 0.4) is 0 Å². The lowest BCUT2D eigenvalue weighted by Gasteiger charge is -2.15. The molecule has 0 saturated carbocycles. The van der Waals surface area contributed by atoms with E-state index in [1.165, 1.54) is 0 Å². The molecule has 0 aliphatic heterocycles. The molecule has 1 heterocycles. The lowest BCUT2D eigenvalue weighted by atomic mass is 9.97. The smallest absolute Gasteiger partial charge is 0.255 e. The Balaban J connectivity index is 1.77. The fraction of sp³-hybridized carbons (Fsp3) is 0.222. The van der Waals surface area contributed by atoms with Crippen molar-refractivity contribution in [3.8, 4) is 0 Å². The van der Waals surface area contributed by atoms with Crippen molar-refractivity contribution < 1.29 is 0 Å². The lowest BCUT2D eigenvalue weighted by molar-refractivity contribution is 0.658. The van der Waals surface area contributed by atoms with E-state index in [1.807, 2.05) is 24.3 Å². The van der Waals surface area contributed by atoms with Crippen LogP contribution in [-0.2, 0) is 12.8 Å². The molecule has 1 aliphatic carbocycles. The highest BCUT2D eigenvalue weighted by molar-refractivity contribution is 5.94. The molecule has 2 aromatic carbocycles. The largest absolute Gasteiger partial charge is 0.325 e. The van der Waals surface area contributed by atoms with Gasteiger partial charge in [0, 0.05) is 16.6 Å². The average molecular weight is 291 g/mol. The number of rotatable bonds is 2. The summed E-state index contributed by atoms with van der Waals surface area (Å²) in [5.74, 6) is 0.530. The van der Waals surface area contributed by atoms with Crippen LogP contribution in [0.15, 0.2) is 47.3 Å². The number of anilines is 2. The molecule has 0 fully saturated rings. The van der Waals surface area contributed by atoms with E-state index in [4.69, 9.17) is 0 Å². The quantitative estimate of drug-likeness (QED) is 0.759. The van der Waals surface area contributed by atoms with E-state index in [1.54, 1.807) is 0 Å². The summed E-state index contributed by atoms with van der Waals surface area (Å²) in [6.45, 7) is 0. The van der Waals surface area contributed by atoms with Gasteiger partial charge in [0.25, 0.3) is 5.56 Å². The normalized spacial score (nSPS) is 13.8. The maximum Gasteiger partial charge on any atom is 0.255 e. The molecule has 4 nitrogen and oxygen atoms in total. The second kappa shape index (κ2) is 5.30. The molecule has 0 unspecified atom stereocenters. The maximum atomic E-state index is 12.2. The first kappa shape index (κ1) is 13.1. The summed E-state index contributed by atoms with van der Waals surface area (Å²) in [7, 11) is 0. The van der Waals surface area contributed by atoms with Crippen LogP contribution >= 0.6 is 0 Å². The molecule has 0 atom stereocenters. The van der Waals surface area contributed by atoms with Gasteiger partial charge in [-0.25, -0.2) is 4.98 Å². The minimum Gasteiger partial charge on any atom is -0.325 e. The second-order valence-electron chi connectivity index (χ2n) is 5.70. The fourth-order valence-corrected chi connectivity index (χ4v) is 3.12. The van der Waals surface area contributed by atoms with Crippen molar-refractivity contribution in [3.05, 3.63) is 64.1 Å². The lowest BCUT2D eigenvalue weighted by Crippen LogP contribution is -2.22. The highest BCUT2D eigenvalue weighted by atomic mass is 16.1. The van der Waals surface area contributed by atoms with E-state index >= 15 is 0 Å². The molecule has 2 N–H and O–H groups in total. The number of hydrogen-bond donors (Lipinski definition) is 2. The first-order valence-corrected chi connectivity index (χ1v) is 7.68. The first-order valence-electron chi connectivity index (χ1n) is 7.68. The van der Waals surface area contributed by atoms with Crippen molar-refractivity contribution in [2.24, 2.45) is 0 Å². The van der Waals surface area contributed by atoms with Crippen LogP contribution in [0.2, 0.25) is 0 Å². The summed E-state index contributed by atoms with van der Waals surface area (Å²) < 4.78 is 0. The van der Waals surface area contributed by atoms with E-state index in [2.05, 4.69) is 33.5 Å². The minimum absolute atomic E-state index is 0.00700. The van der Waals surface area contributed by atoms with E-state index in [9.17, 15) is 4.79 Å². The monoisotopic (exact) mass is 291 g/mol. The van der Waals surface area contributed by atoms with Crippen LogP contribution in [0.5, 0.6) is 0 Å². The maximum absolute atomic E-state index is 12.2. The fourth-order valence-electron chi connectivity index (χ4n) is 3.12. The van der Waals surface area contributed by atoms with Crippen molar-refractivity contribution in [2.75, 3.05) is 5.32 Å². The Kier molecular flexibility index (Phi) is 3.15. The molecule has 1 aliphatic rings. The van der Waals surface area contributed by atoms with Crippen LogP contribution in [0.4, 0.5) is 11.6 Å². The third-order valence-corrected chi connectivity index (χ3v) is 4.23. The SMILES string of the molecule is O=c1[nH]c(Nc2cccc3ccccc23)nc2c1CCCC2. The number of aromatic nitrogens is 2. The minimum atomic E-state index is -0.00700. The molecular formula is C18H17N3O. The first-order chi connectivity index (χ1) is 10.8.